The second kappa shape index (κ2) is 13.6. The second-order valence-electron chi connectivity index (χ2n) is 14.5. The van der Waals surface area contributed by atoms with Gasteiger partial charge in [-0.1, -0.05) is 41.5 Å². The lowest BCUT2D eigenvalue weighted by Crippen LogP contribution is -2.29. The molecule has 0 bridgehead atoms. The molecule has 0 unspecified atom stereocenters. The van der Waals surface area contributed by atoms with Gasteiger partial charge in [-0.2, -0.15) is 0 Å². The minimum Gasteiger partial charge on any atom is -0.496 e. The van der Waals surface area contributed by atoms with Crippen molar-refractivity contribution in [2.75, 3.05) is 14.2 Å². The van der Waals surface area contributed by atoms with Gasteiger partial charge in [0.2, 0.25) is 0 Å². The van der Waals surface area contributed by atoms with Gasteiger partial charge in [-0.15, -0.1) is 0 Å². The number of ether oxygens (including phenoxy) is 4. The maximum Gasteiger partial charge on any atom is 0.316 e. The van der Waals surface area contributed by atoms with Crippen molar-refractivity contribution in [2.24, 2.45) is 10.8 Å². The molecule has 0 saturated carbocycles. The van der Waals surface area contributed by atoms with E-state index in [1.807, 2.05) is 0 Å². The number of carbonyl (C=O) groups is 3. The summed E-state index contributed by atoms with van der Waals surface area (Å²) in [6, 6.07) is 6.42. The van der Waals surface area contributed by atoms with E-state index in [1.165, 1.54) is 6.08 Å². The average molecular weight is 609 g/mol. The summed E-state index contributed by atoms with van der Waals surface area (Å²) >= 11 is 0. The number of carbonyl (C=O) groups excluding carboxylic acids is 3. The van der Waals surface area contributed by atoms with Crippen LogP contribution in [0.15, 0.2) is 30.3 Å². The van der Waals surface area contributed by atoms with E-state index in [0.717, 1.165) is 24.0 Å². The molecule has 0 radical (unpaired) electrons. The molecule has 0 spiro atoms. The van der Waals surface area contributed by atoms with Gasteiger partial charge < -0.3 is 18.9 Å². The number of esters is 2. The van der Waals surface area contributed by atoms with Gasteiger partial charge in [0.15, 0.2) is 5.78 Å². The quantitative estimate of drug-likeness (QED) is 0.109. The summed E-state index contributed by atoms with van der Waals surface area (Å²) in [7, 11) is 3.19. The zero-order valence-electron chi connectivity index (χ0n) is 29.2. The van der Waals surface area contributed by atoms with Crippen LogP contribution >= 0.6 is 0 Å². The minimum atomic E-state index is -0.787. The molecule has 0 saturated heterocycles. The Balaban J connectivity index is 2.86. The van der Waals surface area contributed by atoms with Crippen LogP contribution in [0.5, 0.6) is 23.0 Å². The maximum atomic E-state index is 13.4. The summed E-state index contributed by atoms with van der Waals surface area (Å²) in [5.74, 6) is 0.703. The fourth-order valence-electron chi connectivity index (χ4n) is 4.41. The Kier molecular flexibility index (Phi) is 11.3. The maximum absolute atomic E-state index is 13.4. The predicted molar refractivity (Wildman–Crippen MR) is 176 cm³/mol. The third kappa shape index (κ3) is 8.10. The fraction of sp³-hybridized carbons (Fsp3) is 0.541. The first-order valence-corrected chi connectivity index (χ1v) is 15.3. The van der Waals surface area contributed by atoms with Crippen LogP contribution in [0.1, 0.15) is 123 Å². The van der Waals surface area contributed by atoms with Crippen LogP contribution < -0.4 is 18.9 Å². The number of benzene rings is 2. The van der Waals surface area contributed by atoms with Crippen molar-refractivity contribution in [2.45, 2.75) is 107 Å². The molecule has 0 aliphatic heterocycles. The van der Waals surface area contributed by atoms with E-state index in [1.54, 1.807) is 86.1 Å². The van der Waals surface area contributed by atoms with Gasteiger partial charge in [0, 0.05) is 16.7 Å². The summed E-state index contributed by atoms with van der Waals surface area (Å²) in [6.07, 6.45) is 4.61. The first-order chi connectivity index (χ1) is 20.2. The Hall–Kier alpha value is -3.61. The van der Waals surface area contributed by atoms with Gasteiger partial charge in [0.05, 0.1) is 30.6 Å². The van der Waals surface area contributed by atoms with Gasteiger partial charge in [-0.05, 0) is 102 Å². The summed E-state index contributed by atoms with van der Waals surface area (Å²) in [4.78, 5) is 39.1. The third-order valence-corrected chi connectivity index (χ3v) is 8.10. The number of hydrogen-bond donors (Lipinski definition) is 0. The first kappa shape index (κ1) is 36.6. The number of methoxy groups -OCH3 is 2. The smallest absolute Gasteiger partial charge is 0.316 e. The highest BCUT2D eigenvalue weighted by Crippen LogP contribution is 2.54. The van der Waals surface area contributed by atoms with Crippen LogP contribution in [-0.4, -0.2) is 31.9 Å². The molecule has 0 aliphatic carbocycles. The van der Waals surface area contributed by atoms with Gasteiger partial charge in [-0.25, -0.2) is 0 Å². The van der Waals surface area contributed by atoms with Crippen LogP contribution in [0.25, 0.3) is 6.08 Å². The van der Waals surface area contributed by atoms with Crippen molar-refractivity contribution in [3.63, 3.8) is 0 Å². The van der Waals surface area contributed by atoms with Crippen molar-refractivity contribution in [1.29, 1.82) is 0 Å². The van der Waals surface area contributed by atoms with Crippen molar-refractivity contribution in [1.82, 2.24) is 0 Å². The lowest BCUT2D eigenvalue weighted by Gasteiger charge is -2.36. The first-order valence-electron chi connectivity index (χ1n) is 15.3. The molecule has 7 heteroatoms. The molecule has 2 aromatic carbocycles. The Morgan fingerprint density at radius 1 is 0.636 bits per heavy atom. The molecule has 44 heavy (non-hydrogen) atoms. The van der Waals surface area contributed by atoms with Crippen molar-refractivity contribution in [3.05, 3.63) is 52.6 Å². The predicted octanol–water partition coefficient (Wildman–Crippen LogP) is 8.88. The molecule has 7 nitrogen and oxygen atoms in total. The topological polar surface area (TPSA) is 88.1 Å². The van der Waals surface area contributed by atoms with Crippen LogP contribution in [0.4, 0.5) is 0 Å². The summed E-state index contributed by atoms with van der Waals surface area (Å²) < 4.78 is 23.8. The van der Waals surface area contributed by atoms with Crippen LogP contribution in [-0.2, 0) is 20.4 Å². The van der Waals surface area contributed by atoms with E-state index in [9.17, 15) is 14.4 Å². The van der Waals surface area contributed by atoms with E-state index >= 15 is 0 Å². The van der Waals surface area contributed by atoms with E-state index < -0.39 is 22.2 Å². The Bertz CT molecular complexity index is 1400. The third-order valence-electron chi connectivity index (χ3n) is 8.10. The van der Waals surface area contributed by atoms with Gasteiger partial charge in [0.25, 0.3) is 0 Å². The molecule has 2 aromatic rings. The van der Waals surface area contributed by atoms with Gasteiger partial charge in [-0.3, -0.25) is 14.4 Å². The van der Waals surface area contributed by atoms with E-state index in [0.29, 0.717) is 34.1 Å². The molecule has 242 valence electrons. The molecular weight excluding hydrogens is 556 g/mol. The number of ketones is 1. The molecule has 0 heterocycles. The molecular formula is C37H52O7. The highest BCUT2D eigenvalue weighted by Gasteiger charge is 2.40. The summed E-state index contributed by atoms with van der Waals surface area (Å²) in [6.45, 7) is 23.3. The lowest BCUT2D eigenvalue weighted by molar-refractivity contribution is -0.143. The molecule has 0 amide bonds. The second-order valence-corrected chi connectivity index (χ2v) is 14.5. The number of rotatable bonds is 11. The number of hydrogen-bond acceptors (Lipinski definition) is 7. The van der Waals surface area contributed by atoms with E-state index in [4.69, 9.17) is 18.9 Å². The molecule has 0 aliphatic rings. The fourth-order valence-corrected chi connectivity index (χ4v) is 4.41. The van der Waals surface area contributed by atoms with Crippen LogP contribution in [0.3, 0.4) is 0 Å². The van der Waals surface area contributed by atoms with E-state index in [2.05, 4.69) is 41.5 Å². The normalized spacial score (nSPS) is 12.7. The Morgan fingerprint density at radius 3 is 1.48 bits per heavy atom. The highest BCUT2D eigenvalue weighted by atomic mass is 16.5. The lowest BCUT2D eigenvalue weighted by atomic mass is 9.73. The summed E-state index contributed by atoms with van der Waals surface area (Å²) in [5, 5.41) is 0. The Morgan fingerprint density at radius 2 is 1.07 bits per heavy atom. The van der Waals surface area contributed by atoms with Crippen LogP contribution in [0, 0.1) is 10.8 Å². The van der Waals surface area contributed by atoms with Crippen molar-refractivity contribution >= 4 is 23.8 Å². The minimum absolute atomic E-state index is 0.280. The summed E-state index contributed by atoms with van der Waals surface area (Å²) in [5.41, 5.74) is 0.196. The van der Waals surface area contributed by atoms with Gasteiger partial charge in [0.1, 0.15) is 23.0 Å². The monoisotopic (exact) mass is 608 g/mol. The molecule has 2 rings (SSSR count). The zero-order chi connectivity index (χ0) is 33.8. The van der Waals surface area contributed by atoms with Crippen molar-refractivity contribution < 1.29 is 33.3 Å². The average Bonchev–Trinajstić information content (AvgIpc) is 2.94. The SMILES string of the molecule is CCC(C)(C)c1c(OC)c(C=CC(=O)c2ccc(OC(=O)C(C)(C)C)cc2)c(OC(=O)C(C)(C)C)c(C(C)(C)CC)c1OC. The number of allylic oxidation sites excluding steroid dienone is 1. The molecule has 0 aromatic heterocycles. The van der Waals surface area contributed by atoms with Crippen molar-refractivity contribution in [3.8, 4) is 23.0 Å². The van der Waals surface area contributed by atoms with E-state index in [-0.39, 0.29) is 17.2 Å². The molecule has 0 fully saturated rings. The molecule has 0 N–H and O–H groups in total. The van der Waals surface area contributed by atoms with Crippen LogP contribution in [0.2, 0.25) is 0 Å². The standard InChI is InChI=1S/C37H52O7/c1-15-36(9,10)27-29(41-13)25(21-22-26(38)23-17-19-24(20-18-23)43-32(39)34(3,4)5)30(44-33(40)35(6,7)8)28(31(27)42-14)37(11,12)16-2/h17-22H,15-16H2,1-14H3. The molecule has 0 atom stereocenters. The Labute approximate surface area is 264 Å². The van der Waals surface area contributed by atoms with Gasteiger partial charge >= 0.3 is 11.9 Å². The largest absolute Gasteiger partial charge is 0.496 e. The highest BCUT2D eigenvalue weighted by molar-refractivity contribution is 6.07. The zero-order valence-corrected chi connectivity index (χ0v) is 29.2.